The van der Waals surface area contributed by atoms with Gasteiger partial charge in [0, 0.05) is 23.6 Å². The van der Waals surface area contributed by atoms with Crippen LogP contribution < -0.4 is 4.72 Å². The topological polar surface area (TPSA) is 121 Å². The predicted molar refractivity (Wildman–Crippen MR) is 115 cm³/mol. The molecule has 0 spiro atoms. The molecule has 0 saturated carbocycles. The summed E-state index contributed by atoms with van der Waals surface area (Å²) in [6.45, 7) is -0.196. The second-order valence-corrected chi connectivity index (χ2v) is 11.8. The summed E-state index contributed by atoms with van der Waals surface area (Å²) in [7, 11) is -8.56. The lowest BCUT2D eigenvalue weighted by atomic mass is 10.1. The molecule has 0 bridgehead atoms. The summed E-state index contributed by atoms with van der Waals surface area (Å²) < 4.78 is 94.4. The van der Waals surface area contributed by atoms with Crippen molar-refractivity contribution in [1.29, 1.82) is 0 Å². The lowest BCUT2D eigenvalue weighted by Gasteiger charge is -2.31. The predicted octanol–water partition coefficient (Wildman–Crippen LogP) is 3.30. The van der Waals surface area contributed by atoms with Gasteiger partial charge in [-0.15, -0.1) is 0 Å². The van der Waals surface area contributed by atoms with Crippen molar-refractivity contribution in [3.63, 3.8) is 0 Å². The van der Waals surface area contributed by atoms with Gasteiger partial charge in [-0.05, 0) is 49.2 Å². The maximum absolute atomic E-state index is 13.3. The minimum atomic E-state index is -4.89. The smallest absolute Gasteiger partial charge is 0.417 e. The molecule has 33 heavy (non-hydrogen) atoms. The third-order valence-corrected chi connectivity index (χ3v) is 9.00. The second-order valence-electron chi connectivity index (χ2n) is 7.27. The highest BCUT2D eigenvalue weighted by Crippen LogP contribution is 2.36. The number of halogens is 4. The van der Waals surface area contributed by atoms with Gasteiger partial charge in [-0.3, -0.25) is 0 Å². The van der Waals surface area contributed by atoms with Crippen molar-refractivity contribution < 1.29 is 39.9 Å². The number of carboxylic acids is 1. The van der Waals surface area contributed by atoms with E-state index in [1.54, 1.807) is 0 Å². The highest BCUT2D eigenvalue weighted by atomic mass is 79.9. The standard InChI is InChI=1S/C19H18BrF3N2O6S2/c20-13-4-5-17(16(11-13)19(21,22)23)32(28,29)24-14-6-8-25(9-7-14)33(30,31)15-3-1-2-12(10-15)18(26)27/h1-5,10-11,14,24H,6-9H2,(H,26,27). The van der Waals surface area contributed by atoms with Gasteiger partial charge in [0.05, 0.1) is 20.9 Å². The van der Waals surface area contributed by atoms with Crippen LogP contribution >= 0.6 is 15.9 Å². The number of aromatic carboxylic acids is 1. The zero-order valence-electron chi connectivity index (χ0n) is 16.7. The maximum atomic E-state index is 13.3. The monoisotopic (exact) mass is 570 g/mol. The SMILES string of the molecule is O=C(O)c1cccc(S(=O)(=O)N2CCC(NS(=O)(=O)c3ccc(Br)cc3C(F)(F)F)CC2)c1. The maximum Gasteiger partial charge on any atom is 0.417 e. The minimum Gasteiger partial charge on any atom is -0.478 e. The molecule has 0 aromatic heterocycles. The van der Waals surface area contributed by atoms with Crippen molar-refractivity contribution in [2.24, 2.45) is 0 Å². The fraction of sp³-hybridized carbons (Fsp3) is 0.316. The first-order valence-electron chi connectivity index (χ1n) is 9.44. The van der Waals surface area contributed by atoms with Gasteiger partial charge in [0.2, 0.25) is 20.0 Å². The lowest BCUT2D eigenvalue weighted by molar-refractivity contribution is -0.139. The Hall–Kier alpha value is -2.00. The molecular formula is C19H18BrF3N2O6S2. The van der Waals surface area contributed by atoms with Crippen molar-refractivity contribution in [3.05, 3.63) is 58.1 Å². The van der Waals surface area contributed by atoms with Gasteiger partial charge in [0.25, 0.3) is 0 Å². The Kier molecular flexibility index (Phi) is 7.24. The molecule has 1 aliphatic rings. The summed E-state index contributed by atoms with van der Waals surface area (Å²) in [6.07, 6.45) is -4.85. The molecule has 2 N–H and O–H groups in total. The van der Waals surface area contributed by atoms with Crippen molar-refractivity contribution >= 4 is 41.9 Å². The molecule has 180 valence electrons. The van der Waals surface area contributed by atoms with Crippen LogP contribution in [0, 0.1) is 0 Å². The average Bonchev–Trinajstić information content (AvgIpc) is 2.73. The Bertz CT molecular complexity index is 1270. The molecule has 1 fully saturated rings. The van der Waals surface area contributed by atoms with Crippen LogP contribution in [0.5, 0.6) is 0 Å². The summed E-state index contributed by atoms with van der Waals surface area (Å²) in [5, 5.41) is 9.06. The van der Waals surface area contributed by atoms with Gasteiger partial charge in [-0.2, -0.15) is 17.5 Å². The largest absolute Gasteiger partial charge is 0.478 e. The molecule has 0 unspecified atom stereocenters. The molecule has 2 aromatic carbocycles. The fourth-order valence-corrected chi connectivity index (χ4v) is 6.78. The zero-order valence-corrected chi connectivity index (χ0v) is 19.9. The molecule has 0 atom stereocenters. The van der Waals surface area contributed by atoms with E-state index in [-0.39, 0.29) is 40.9 Å². The molecule has 14 heteroatoms. The number of hydrogen-bond donors (Lipinski definition) is 2. The number of rotatable bonds is 6. The van der Waals surface area contributed by atoms with Gasteiger partial charge in [0.15, 0.2) is 0 Å². The van der Waals surface area contributed by atoms with Crippen LogP contribution in [-0.2, 0) is 26.2 Å². The highest BCUT2D eigenvalue weighted by molar-refractivity contribution is 9.10. The minimum absolute atomic E-state index is 0.0228. The van der Waals surface area contributed by atoms with Crippen molar-refractivity contribution in [2.75, 3.05) is 13.1 Å². The molecule has 0 aliphatic carbocycles. The second kappa shape index (κ2) is 9.33. The Labute approximate surface area is 196 Å². The van der Waals surface area contributed by atoms with Crippen LogP contribution in [0.3, 0.4) is 0 Å². The highest BCUT2D eigenvalue weighted by Gasteiger charge is 2.39. The molecular weight excluding hydrogens is 553 g/mol. The molecule has 0 amide bonds. The first-order chi connectivity index (χ1) is 15.2. The van der Waals surface area contributed by atoms with Gasteiger partial charge in [0.1, 0.15) is 0 Å². The third kappa shape index (κ3) is 5.74. The van der Waals surface area contributed by atoms with Crippen molar-refractivity contribution in [1.82, 2.24) is 9.03 Å². The van der Waals surface area contributed by atoms with Crippen LogP contribution in [0.1, 0.15) is 28.8 Å². The van der Waals surface area contributed by atoms with E-state index in [0.717, 1.165) is 16.4 Å². The number of alkyl halides is 3. The van der Waals surface area contributed by atoms with Gasteiger partial charge >= 0.3 is 12.1 Å². The fourth-order valence-electron chi connectivity index (χ4n) is 3.39. The molecule has 1 aliphatic heterocycles. The van der Waals surface area contributed by atoms with E-state index in [2.05, 4.69) is 20.7 Å². The Balaban J connectivity index is 1.75. The number of carboxylic acid groups (broad SMARTS) is 1. The van der Waals surface area contributed by atoms with Crippen LogP contribution in [0.4, 0.5) is 13.2 Å². The van der Waals surface area contributed by atoms with Gasteiger partial charge < -0.3 is 5.11 Å². The number of carbonyl (C=O) groups is 1. The number of benzene rings is 2. The normalized spacial score (nSPS) is 16.6. The van der Waals surface area contributed by atoms with Crippen LogP contribution in [0.25, 0.3) is 0 Å². The first kappa shape index (κ1) is 25.6. The summed E-state index contributed by atoms with van der Waals surface area (Å²) in [5.74, 6) is -1.29. The van der Waals surface area contributed by atoms with Crippen molar-refractivity contribution in [3.8, 4) is 0 Å². The molecule has 1 heterocycles. The Morgan fingerprint density at radius 3 is 2.27 bits per heavy atom. The van der Waals surface area contributed by atoms with E-state index in [9.17, 15) is 34.8 Å². The third-order valence-electron chi connectivity index (χ3n) is 5.03. The van der Waals surface area contributed by atoms with Crippen LogP contribution in [0.2, 0.25) is 0 Å². The zero-order chi connectivity index (χ0) is 24.6. The van der Waals surface area contributed by atoms with Crippen LogP contribution in [-0.4, -0.2) is 51.3 Å². The summed E-state index contributed by atoms with van der Waals surface area (Å²) in [5.41, 5.74) is -1.52. The van der Waals surface area contributed by atoms with Gasteiger partial charge in [-0.25, -0.2) is 26.4 Å². The van der Waals surface area contributed by atoms with Crippen LogP contribution in [0.15, 0.2) is 56.7 Å². The molecule has 0 radical (unpaired) electrons. The van der Waals surface area contributed by atoms with E-state index in [0.29, 0.717) is 6.07 Å². The molecule has 3 rings (SSSR count). The Morgan fingerprint density at radius 2 is 1.70 bits per heavy atom. The number of piperidine rings is 1. The number of nitrogens with zero attached hydrogens (tertiary/aromatic N) is 1. The average molecular weight is 571 g/mol. The quantitative estimate of drug-likeness (QED) is 0.549. The lowest BCUT2D eigenvalue weighted by Crippen LogP contribution is -2.46. The van der Waals surface area contributed by atoms with Crippen molar-refractivity contribution in [2.45, 2.75) is 34.9 Å². The summed E-state index contributed by atoms with van der Waals surface area (Å²) >= 11 is 2.90. The van der Waals surface area contributed by atoms with E-state index in [1.165, 1.54) is 24.3 Å². The van der Waals surface area contributed by atoms with E-state index in [1.807, 2.05) is 0 Å². The first-order valence-corrected chi connectivity index (χ1v) is 13.2. The van der Waals surface area contributed by atoms with Gasteiger partial charge in [-0.1, -0.05) is 22.0 Å². The van der Waals surface area contributed by atoms with E-state index in [4.69, 9.17) is 5.11 Å². The number of nitrogens with one attached hydrogen (secondary N) is 1. The Morgan fingerprint density at radius 1 is 1.06 bits per heavy atom. The summed E-state index contributed by atoms with van der Waals surface area (Å²) in [4.78, 5) is 9.97. The molecule has 2 aromatic rings. The summed E-state index contributed by atoms with van der Waals surface area (Å²) in [6, 6.07) is 6.76. The van der Waals surface area contributed by atoms with E-state index >= 15 is 0 Å². The molecule has 1 saturated heterocycles. The number of hydrogen-bond acceptors (Lipinski definition) is 5. The van der Waals surface area contributed by atoms with E-state index < -0.39 is 48.7 Å². The molecule has 8 nitrogen and oxygen atoms in total. The number of sulfonamides is 2.